The van der Waals surface area contributed by atoms with Crippen molar-refractivity contribution in [2.45, 2.75) is 0 Å². The second-order valence-corrected chi connectivity index (χ2v) is 1.28. The van der Waals surface area contributed by atoms with Crippen molar-refractivity contribution in [1.29, 1.82) is 0 Å². The van der Waals surface area contributed by atoms with Crippen LogP contribution >= 0.6 is 0 Å². The van der Waals surface area contributed by atoms with Crippen LogP contribution in [0.2, 0.25) is 0 Å². The molecule has 0 atom stereocenters. The van der Waals surface area contributed by atoms with Crippen LogP contribution in [0.4, 0.5) is 0 Å². The minimum Gasteiger partial charge on any atom is -1.00 e. The summed E-state index contributed by atoms with van der Waals surface area (Å²) in [5.41, 5.74) is 0. The largest absolute Gasteiger partial charge is 1.00 e. The summed E-state index contributed by atoms with van der Waals surface area (Å²) in [7, 11) is -4.92. The zero-order valence-corrected chi connectivity index (χ0v) is 15.2. The van der Waals surface area contributed by atoms with Crippen LogP contribution in [0.3, 0.4) is 0 Å². The number of hydrogen-bond donors (Lipinski definition) is 1. The van der Waals surface area contributed by atoms with Crippen molar-refractivity contribution in [2.75, 3.05) is 0 Å². The fourth-order valence-electron chi connectivity index (χ4n) is 0. The molecule has 48 valence electrons. The van der Waals surface area contributed by atoms with E-state index in [1.54, 1.807) is 0 Å². The molecule has 0 fully saturated rings. The second kappa shape index (κ2) is 19.1. The van der Waals surface area contributed by atoms with E-state index in [2.05, 4.69) is 0 Å². The fraction of sp³-hybridized carbons (Fsp3) is 0. The molecule has 0 rings (SSSR count). The van der Waals surface area contributed by atoms with Crippen LogP contribution < -0.4 is 151 Å². The van der Waals surface area contributed by atoms with Gasteiger partial charge in [-0.2, -0.15) is 0 Å². The smallest absolute Gasteiger partial charge is 1.00 e. The summed E-state index contributed by atoms with van der Waals surface area (Å²) in [5.74, 6) is 0. The van der Waals surface area contributed by atoms with Gasteiger partial charge < -0.3 is 33.9 Å². The summed E-state index contributed by atoms with van der Waals surface area (Å²) in [6.45, 7) is 0. The molecule has 0 heterocycles. The summed E-state index contributed by atoms with van der Waals surface area (Å²) in [5, 5.41) is 0. The van der Waals surface area contributed by atoms with E-state index in [0.717, 1.165) is 0 Å². The fourth-order valence-corrected chi connectivity index (χ4v) is 0. The predicted molar refractivity (Wildman–Crippen MR) is 12.3 cm³/mol. The third kappa shape index (κ3) is 81.5. The molecule has 0 spiro atoms. The van der Waals surface area contributed by atoms with Gasteiger partial charge in [0.05, 0.1) is 0 Å². The van der Waals surface area contributed by atoms with Gasteiger partial charge in [0.25, 0.3) is 0 Å². The van der Waals surface area contributed by atoms with Crippen LogP contribution in [-0.4, -0.2) is 17.5 Å². The first-order chi connectivity index (χ1) is 2.00. The topological polar surface area (TPSA) is 77.4 Å². The molecule has 10 heavy (non-hydrogen) atoms. The van der Waals surface area contributed by atoms with Crippen molar-refractivity contribution in [1.82, 2.24) is 0 Å². The molecular formula is HBrClK2LiO4S. The molecule has 0 aromatic carbocycles. The zero-order valence-electron chi connectivity index (χ0n) is 5.84. The molecule has 4 nitrogen and oxygen atoms in total. The third-order valence-electron chi connectivity index (χ3n) is 0. The second-order valence-electron chi connectivity index (χ2n) is 0.428. The Morgan fingerprint density at radius 2 is 1.20 bits per heavy atom. The van der Waals surface area contributed by atoms with Gasteiger partial charge in [0.2, 0.25) is 10.4 Å². The van der Waals surface area contributed by atoms with Crippen molar-refractivity contribution in [3.8, 4) is 0 Å². The Morgan fingerprint density at radius 3 is 1.20 bits per heavy atom. The van der Waals surface area contributed by atoms with Gasteiger partial charge in [0, 0.05) is 0 Å². The zero-order chi connectivity index (χ0) is 4.50. The molecule has 0 aromatic rings. The number of hydrogen-bond acceptors (Lipinski definition) is 3. The van der Waals surface area contributed by atoms with E-state index < -0.39 is 10.4 Å². The number of rotatable bonds is 0. The Morgan fingerprint density at radius 1 is 1.20 bits per heavy atom. The minimum atomic E-state index is -4.92. The molecule has 0 aromatic heterocycles. The molecule has 0 unspecified atom stereocenters. The summed E-state index contributed by atoms with van der Waals surface area (Å²) in [4.78, 5) is 0. The first-order valence-electron chi connectivity index (χ1n) is 0.683. The molecular weight excluding hydrogens is 297 g/mol. The van der Waals surface area contributed by atoms with E-state index in [1.807, 2.05) is 0 Å². The minimum absolute atomic E-state index is 0. The van der Waals surface area contributed by atoms with Crippen molar-refractivity contribution >= 4 is 10.4 Å². The molecule has 0 saturated heterocycles. The van der Waals surface area contributed by atoms with Gasteiger partial charge in [-0.3, -0.25) is 4.55 Å². The molecule has 0 amide bonds. The SMILES string of the molecule is O=S(=O)([O-])O.[Br-].[Cl-].[K+].[K+].[Li+]. The summed E-state index contributed by atoms with van der Waals surface area (Å²) >= 11 is 0. The van der Waals surface area contributed by atoms with Gasteiger partial charge in [-0.25, -0.2) is 8.42 Å². The van der Waals surface area contributed by atoms with Crippen molar-refractivity contribution < 1.29 is 169 Å². The first kappa shape index (κ1) is 36.6. The van der Waals surface area contributed by atoms with Gasteiger partial charge in [-0.05, 0) is 0 Å². The molecule has 1 N–H and O–H groups in total. The van der Waals surface area contributed by atoms with Crippen LogP contribution in [0.1, 0.15) is 0 Å². The van der Waals surface area contributed by atoms with Gasteiger partial charge in [0.1, 0.15) is 0 Å². The molecule has 0 aliphatic heterocycles. The van der Waals surface area contributed by atoms with E-state index >= 15 is 0 Å². The van der Waals surface area contributed by atoms with E-state index in [0.29, 0.717) is 0 Å². The van der Waals surface area contributed by atoms with Crippen molar-refractivity contribution in [3.05, 3.63) is 0 Å². The Bertz CT molecular complexity index is 106. The summed E-state index contributed by atoms with van der Waals surface area (Å²) in [6.07, 6.45) is 0. The van der Waals surface area contributed by atoms with Gasteiger partial charge in [0.15, 0.2) is 0 Å². The van der Waals surface area contributed by atoms with Gasteiger partial charge in [-0.15, -0.1) is 0 Å². The average molecular weight is 298 g/mol. The molecule has 10 heteroatoms. The number of halogens is 2. The van der Waals surface area contributed by atoms with E-state index in [1.165, 1.54) is 0 Å². The van der Waals surface area contributed by atoms with Crippen LogP contribution in [0, 0.1) is 0 Å². The van der Waals surface area contributed by atoms with Crippen molar-refractivity contribution in [2.24, 2.45) is 0 Å². The van der Waals surface area contributed by atoms with Crippen molar-refractivity contribution in [3.63, 3.8) is 0 Å². The standard InChI is InChI=1S/BrH.ClH.2K.Li.H2O4S/c;;;;;1-5(2,3)4/h2*1H;;;;(H2,1,2,3,4)/q;;3*+1;/p-3. The first-order valence-corrected chi connectivity index (χ1v) is 2.05. The molecule has 0 aliphatic rings. The molecule has 0 bridgehead atoms. The van der Waals surface area contributed by atoms with Gasteiger partial charge >= 0.3 is 122 Å². The predicted octanol–water partition coefficient (Wildman–Crippen LogP) is -16.0. The maximum absolute atomic E-state index is 8.63. The average Bonchev–Trinajstić information content (AvgIpc) is 0.722. The molecule has 0 saturated carbocycles. The summed E-state index contributed by atoms with van der Waals surface area (Å²) < 4.78 is 32.8. The Kier molecular flexibility index (Phi) is 70.0. The Hall–Kier alpha value is 4.51. The van der Waals surface area contributed by atoms with Crippen LogP contribution in [-0.2, 0) is 10.4 Å². The van der Waals surface area contributed by atoms with Gasteiger partial charge in [-0.1, -0.05) is 0 Å². The summed E-state index contributed by atoms with van der Waals surface area (Å²) in [6, 6.07) is 0. The van der Waals surface area contributed by atoms with Crippen LogP contribution in [0.25, 0.3) is 0 Å². The maximum Gasteiger partial charge on any atom is 1.00 e. The normalized spacial score (nSPS) is 5.80. The molecule has 0 aliphatic carbocycles. The van der Waals surface area contributed by atoms with E-state index in [-0.39, 0.29) is 151 Å². The van der Waals surface area contributed by atoms with E-state index in [4.69, 9.17) is 17.5 Å². The van der Waals surface area contributed by atoms with E-state index in [9.17, 15) is 0 Å². The third-order valence-corrected chi connectivity index (χ3v) is 0. The monoisotopic (exact) mass is 296 g/mol. The van der Waals surface area contributed by atoms with Crippen LogP contribution in [0.15, 0.2) is 0 Å². The quantitative estimate of drug-likeness (QED) is 0.274. The van der Waals surface area contributed by atoms with Crippen LogP contribution in [0.5, 0.6) is 0 Å². The Balaban J connectivity index is -0.00000000800. The molecule has 0 radical (unpaired) electrons. The Labute approximate surface area is 174 Å². The maximum atomic E-state index is 8.63.